The van der Waals surface area contributed by atoms with Crippen molar-refractivity contribution in [2.24, 2.45) is 0 Å². The predicted octanol–water partition coefficient (Wildman–Crippen LogP) is 2.69. The number of hydrogen-bond acceptors (Lipinski definition) is 3. The normalized spacial score (nSPS) is 10.8. The molecule has 0 aliphatic heterocycles. The van der Waals surface area contributed by atoms with Crippen molar-refractivity contribution in [3.8, 4) is 11.3 Å². The Morgan fingerprint density at radius 2 is 2.22 bits per heavy atom. The van der Waals surface area contributed by atoms with Crippen LogP contribution in [0.1, 0.15) is 18.9 Å². The zero-order valence-electron chi connectivity index (χ0n) is 10.9. The lowest BCUT2D eigenvalue weighted by atomic mass is 10.1. The number of anilines is 1. The van der Waals surface area contributed by atoms with Gasteiger partial charge in [0.05, 0.1) is 12.9 Å². The number of aromatic nitrogens is 2. The molecule has 1 heterocycles. The summed E-state index contributed by atoms with van der Waals surface area (Å²) in [5, 5.41) is 0. The minimum Gasteiger partial charge on any atom is -0.383 e. The molecule has 0 saturated carbocycles. The van der Waals surface area contributed by atoms with Crippen molar-refractivity contribution in [1.29, 1.82) is 0 Å². The van der Waals surface area contributed by atoms with Gasteiger partial charge in [-0.2, -0.15) is 0 Å². The number of aryl methyl sites for hydroxylation is 1. The molecule has 2 N–H and O–H groups in total. The summed E-state index contributed by atoms with van der Waals surface area (Å²) in [4.78, 5) is 4.40. The van der Waals surface area contributed by atoms with E-state index in [4.69, 9.17) is 10.5 Å². The second-order valence-electron chi connectivity index (χ2n) is 4.31. The van der Waals surface area contributed by atoms with Crippen LogP contribution in [0.4, 0.5) is 5.82 Å². The van der Waals surface area contributed by atoms with Gasteiger partial charge >= 0.3 is 0 Å². The average Bonchev–Trinajstić information content (AvgIpc) is 2.73. The van der Waals surface area contributed by atoms with Crippen molar-refractivity contribution in [3.63, 3.8) is 0 Å². The van der Waals surface area contributed by atoms with Crippen LogP contribution < -0.4 is 5.73 Å². The number of rotatable bonds is 5. The molecule has 2 rings (SSSR count). The molecule has 4 nitrogen and oxygen atoms in total. The second-order valence-corrected chi connectivity index (χ2v) is 4.31. The molecular weight excluding hydrogens is 226 g/mol. The first-order valence-electron chi connectivity index (χ1n) is 6.15. The highest BCUT2D eigenvalue weighted by molar-refractivity contribution is 5.70. The zero-order valence-corrected chi connectivity index (χ0v) is 10.9. The average molecular weight is 245 g/mol. The fraction of sp³-hybridized carbons (Fsp3) is 0.357. The van der Waals surface area contributed by atoms with Gasteiger partial charge in [-0.15, -0.1) is 0 Å². The molecule has 0 saturated heterocycles. The molecule has 0 bridgehead atoms. The molecule has 1 aromatic heterocycles. The fourth-order valence-corrected chi connectivity index (χ4v) is 2.01. The molecular formula is C14H19N3O. The third kappa shape index (κ3) is 2.54. The van der Waals surface area contributed by atoms with Crippen molar-refractivity contribution in [2.45, 2.75) is 26.5 Å². The molecule has 0 spiro atoms. The summed E-state index contributed by atoms with van der Waals surface area (Å²) in [6.45, 7) is 3.62. The molecule has 0 aliphatic rings. The van der Waals surface area contributed by atoms with E-state index in [2.05, 4.69) is 18.0 Å². The Hall–Kier alpha value is -1.81. The second kappa shape index (κ2) is 5.69. The molecule has 1 aromatic carbocycles. The van der Waals surface area contributed by atoms with E-state index in [0.717, 1.165) is 35.6 Å². The van der Waals surface area contributed by atoms with Crippen molar-refractivity contribution in [3.05, 3.63) is 36.2 Å². The Kier molecular flexibility index (Phi) is 3.99. The van der Waals surface area contributed by atoms with Crippen LogP contribution in [0.3, 0.4) is 0 Å². The van der Waals surface area contributed by atoms with Gasteiger partial charge < -0.3 is 15.0 Å². The van der Waals surface area contributed by atoms with Gasteiger partial charge in [0.15, 0.2) is 0 Å². The number of imidazole rings is 1. The topological polar surface area (TPSA) is 53.1 Å². The van der Waals surface area contributed by atoms with Gasteiger partial charge in [0.1, 0.15) is 11.5 Å². The molecule has 0 fully saturated rings. The summed E-state index contributed by atoms with van der Waals surface area (Å²) >= 11 is 0. The third-order valence-corrected chi connectivity index (χ3v) is 2.85. The Bertz CT molecular complexity index is 520. The summed E-state index contributed by atoms with van der Waals surface area (Å²) in [6, 6.07) is 8.13. The molecule has 0 radical (unpaired) electrons. The first-order chi connectivity index (χ1) is 8.76. The van der Waals surface area contributed by atoms with Crippen LogP contribution in [-0.2, 0) is 17.9 Å². The number of nitrogens with zero attached hydrogens (tertiary/aromatic N) is 2. The number of nitrogens with two attached hydrogens (primary N) is 1. The van der Waals surface area contributed by atoms with Crippen LogP contribution in [0, 0.1) is 0 Å². The van der Waals surface area contributed by atoms with Crippen LogP contribution in [0.25, 0.3) is 11.3 Å². The van der Waals surface area contributed by atoms with Crippen molar-refractivity contribution < 1.29 is 4.74 Å². The number of methoxy groups -OCH3 is 1. The van der Waals surface area contributed by atoms with E-state index in [1.807, 2.05) is 22.8 Å². The van der Waals surface area contributed by atoms with Crippen molar-refractivity contribution in [1.82, 2.24) is 9.55 Å². The van der Waals surface area contributed by atoms with Gasteiger partial charge in [0.25, 0.3) is 0 Å². The summed E-state index contributed by atoms with van der Waals surface area (Å²) in [5.41, 5.74) is 9.13. The van der Waals surface area contributed by atoms with Gasteiger partial charge in [-0.3, -0.25) is 0 Å². The van der Waals surface area contributed by atoms with Crippen molar-refractivity contribution in [2.75, 3.05) is 12.8 Å². The Labute approximate surface area is 107 Å². The maximum atomic E-state index is 6.11. The Balaban J connectivity index is 2.33. The molecule has 0 atom stereocenters. The first kappa shape index (κ1) is 12.6. The van der Waals surface area contributed by atoms with Crippen LogP contribution in [0.15, 0.2) is 30.6 Å². The lowest BCUT2D eigenvalue weighted by Gasteiger charge is -2.05. The smallest absolute Gasteiger partial charge is 0.131 e. The molecule has 18 heavy (non-hydrogen) atoms. The van der Waals surface area contributed by atoms with E-state index in [-0.39, 0.29) is 0 Å². The highest BCUT2D eigenvalue weighted by Gasteiger charge is 2.09. The SMILES string of the molecule is CCCn1cnc(-c2cccc(COC)c2)c1N. The minimum absolute atomic E-state index is 0.601. The largest absolute Gasteiger partial charge is 0.383 e. The number of hydrogen-bond donors (Lipinski definition) is 1. The van der Waals surface area contributed by atoms with Gasteiger partial charge in [0.2, 0.25) is 0 Å². The van der Waals surface area contributed by atoms with E-state index >= 15 is 0 Å². The summed E-state index contributed by atoms with van der Waals surface area (Å²) < 4.78 is 7.12. The van der Waals surface area contributed by atoms with Crippen LogP contribution in [-0.4, -0.2) is 16.7 Å². The molecule has 4 heteroatoms. The first-order valence-corrected chi connectivity index (χ1v) is 6.15. The van der Waals surface area contributed by atoms with E-state index in [1.165, 1.54) is 0 Å². The van der Waals surface area contributed by atoms with E-state index in [1.54, 1.807) is 13.4 Å². The highest BCUT2D eigenvalue weighted by Crippen LogP contribution is 2.25. The minimum atomic E-state index is 0.601. The summed E-state index contributed by atoms with van der Waals surface area (Å²) in [6.07, 6.45) is 2.85. The number of nitrogen functional groups attached to an aromatic ring is 1. The van der Waals surface area contributed by atoms with E-state index in [0.29, 0.717) is 6.61 Å². The molecule has 96 valence electrons. The van der Waals surface area contributed by atoms with Gasteiger partial charge in [-0.25, -0.2) is 4.98 Å². The number of ether oxygens (including phenoxy) is 1. The lowest BCUT2D eigenvalue weighted by molar-refractivity contribution is 0.185. The quantitative estimate of drug-likeness (QED) is 0.881. The Morgan fingerprint density at radius 1 is 1.39 bits per heavy atom. The monoisotopic (exact) mass is 245 g/mol. The van der Waals surface area contributed by atoms with Crippen LogP contribution >= 0.6 is 0 Å². The van der Waals surface area contributed by atoms with Crippen LogP contribution in [0.5, 0.6) is 0 Å². The van der Waals surface area contributed by atoms with Crippen LogP contribution in [0.2, 0.25) is 0 Å². The summed E-state index contributed by atoms with van der Waals surface area (Å²) in [5.74, 6) is 0.728. The van der Waals surface area contributed by atoms with Gasteiger partial charge in [0, 0.05) is 19.2 Å². The standard InChI is InChI=1S/C14H19N3O/c1-3-7-17-10-16-13(14(17)15)12-6-4-5-11(8-12)9-18-2/h4-6,8,10H,3,7,9,15H2,1-2H3. The zero-order chi connectivity index (χ0) is 13.0. The maximum absolute atomic E-state index is 6.11. The van der Waals surface area contributed by atoms with Gasteiger partial charge in [-0.05, 0) is 18.1 Å². The van der Waals surface area contributed by atoms with Gasteiger partial charge in [-0.1, -0.05) is 25.1 Å². The molecule has 0 aliphatic carbocycles. The third-order valence-electron chi connectivity index (χ3n) is 2.85. The van der Waals surface area contributed by atoms with E-state index < -0.39 is 0 Å². The maximum Gasteiger partial charge on any atom is 0.131 e. The van der Waals surface area contributed by atoms with Crippen molar-refractivity contribution >= 4 is 5.82 Å². The van der Waals surface area contributed by atoms with E-state index in [9.17, 15) is 0 Å². The molecule has 2 aromatic rings. The highest BCUT2D eigenvalue weighted by atomic mass is 16.5. The molecule has 0 amide bonds. The predicted molar refractivity (Wildman–Crippen MR) is 73.1 cm³/mol. The summed E-state index contributed by atoms with van der Waals surface area (Å²) in [7, 11) is 1.69. The molecule has 0 unspecified atom stereocenters. The Morgan fingerprint density at radius 3 is 2.94 bits per heavy atom. The fourth-order valence-electron chi connectivity index (χ4n) is 2.01. The number of benzene rings is 1. The lowest BCUT2D eigenvalue weighted by Crippen LogP contribution is -2.01.